The number of carbonyl (C=O) groups is 2. The molecule has 25 heavy (non-hydrogen) atoms. The first-order chi connectivity index (χ1) is 12.0. The number of esters is 1. The second kappa shape index (κ2) is 9.51. The highest BCUT2D eigenvalue weighted by atomic mass is 35.5. The van der Waals surface area contributed by atoms with E-state index in [2.05, 4.69) is 5.32 Å². The van der Waals surface area contributed by atoms with Gasteiger partial charge in [0.25, 0.3) is 5.91 Å². The first kappa shape index (κ1) is 19.4. The second-order valence-electron chi connectivity index (χ2n) is 4.91. The molecule has 2 aromatic rings. The quantitative estimate of drug-likeness (QED) is 0.564. The highest BCUT2D eigenvalue weighted by molar-refractivity contribution is 6.43. The smallest absolute Gasteiger partial charge is 0.344 e. The number of rotatable bonds is 7. The summed E-state index contributed by atoms with van der Waals surface area (Å²) >= 11 is 17.6. The molecular formula is C17H14Cl3NO4. The van der Waals surface area contributed by atoms with Gasteiger partial charge in [-0.05, 0) is 11.6 Å². The van der Waals surface area contributed by atoms with Gasteiger partial charge in [-0.1, -0.05) is 65.1 Å². The summed E-state index contributed by atoms with van der Waals surface area (Å²) in [7, 11) is 0. The van der Waals surface area contributed by atoms with E-state index in [4.69, 9.17) is 44.3 Å². The van der Waals surface area contributed by atoms with Crippen molar-refractivity contribution < 1.29 is 19.1 Å². The minimum Gasteiger partial charge on any atom is -0.480 e. The van der Waals surface area contributed by atoms with Gasteiger partial charge in [0.15, 0.2) is 13.2 Å². The molecule has 0 saturated carbocycles. The van der Waals surface area contributed by atoms with Crippen LogP contribution in [-0.4, -0.2) is 25.1 Å². The van der Waals surface area contributed by atoms with E-state index in [1.807, 2.05) is 30.3 Å². The van der Waals surface area contributed by atoms with Crippen molar-refractivity contribution in [3.8, 4) is 5.75 Å². The molecule has 0 fully saturated rings. The van der Waals surface area contributed by atoms with E-state index in [1.54, 1.807) is 0 Å². The summed E-state index contributed by atoms with van der Waals surface area (Å²) in [4.78, 5) is 23.3. The maximum atomic E-state index is 11.6. The standard InChI is InChI=1S/C17H14Cl3NO4/c18-12-6-14(20)15(7-13(12)19)24-10-17(23)25-9-16(22)21-8-11-4-2-1-3-5-11/h1-7H,8-10H2,(H,21,22). The van der Waals surface area contributed by atoms with Crippen molar-refractivity contribution in [3.05, 3.63) is 63.1 Å². The summed E-state index contributed by atoms with van der Waals surface area (Å²) in [6.07, 6.45) is 0. The van der Waals surface area contributed by atoms with Crippen LogP contribution in [0, 0.1) is 0 Å². The first-order valence-electron chi connectivity index (χ1n) is 7.19. The molecule has 0 bridgehead atoms. The van der Waals surface area contributed by atoms with Crippen molar-refractivity contribution >= 4 is 46.7 Å². The third-order valence-corrected chi connectivity index (χ3v) is 4.03. The Kier molecular flexibility index (Phi) is 7.37. The normalized spacial score (nSPS) is 10.2. The SMILES string of the molecule is O=C(COC(=O)COc1cc(Cl)c(Cl)cc1Cl)NCc1ccccc1. The van der Waals surface area contributed by atoms with E-state index < -0.39 is 25.1 Å². The van der Waals surface area contributed by atoms with Gasteiger partial charge in [0.1, 0.15) is 5.75 Å². The molecule has 8 heteroatoms. The number of amides is 1. The van der Waals surface area contributed by atoms with Crippen LogP contribution in [0.5, 0.6) is 5.75 Å². The molecule has 0 unspecified atom stereocenters. The molecule has 1 N–H and O–H groups in total. The van der Waals surface area contributed by atoms with Gasteiger partial charge in [-0.2, -0.15) is 0 Å². The maximum absolute atomic E-state index is 11.6. The summed E-state index contributed by atoms with van der Waals surface area (Å²) in [5.74, 6) is -0.927. The molecule has 0 spiro atoms. The lowest BCUT2D eigenvalue weighted by Crippen LogP contribution is -2.29. The average Bonchev–Trinajstić information content (AvgIpc) is 2.61. The van der Waals surface area contributed by atoms with Gasteiger partial charge in [0.05, 0.1) is 15.1 Å². The number of ether oxygens (including phenoxy) is 2. The number of hydrogen-bond acceptors (Lipinski definition) is 4. The molecule has 0 radical (unpaired) electrons. The Balaban J connectivity index is 1.72. The van der Waals surface area contributed by atoms with Gasteiger partial charge >= 0.3 is 5.97 Å². The number of nitrogens with one attached hydrogen (secondary N) is 1. The Bertz CT molecular complexity index is 753. The van der Waals surface area contributed by atoms with Crippen LogP contribution in [0.3, 0.4) is 0 Å². The zero-order valence-corrected chi connectivity index (χ0v) is 15.2. The Morgan fingerprint density at radius 3 is 2.32 bits per heavy atom. The van der Waals surface area contributed by atoms with Gasteiger partial charge in [0.2, 0.25) is 0 Å². The number of halogens is 3. The Morgan fingerprint density at radius 1 is 0.920 bits per heavy atom. The fourth-order valence-electron chi connectivity index (χ4n) is 1.79. The molecule has 132 valence electrons. The lowest BCUT2D eigenvalue weighted by atomic mass is 10.2. The van der Waals surface area contributed by atoms with Crippen LogP contribution in [0.4, 0.5) is 0 Å². The van der Waals surface area contributed by atoms with Gasteiger partial charge in [-0.3, -0.25) is 4.79 Å². The Hall–Kier alpha value is -1.95. The van der Waals surface area contributed by atoms with E-state index in [9.17, 15) is 9.59 Å². The second-order valence-corrected chi connectivity index (χ2v) is 6.13. The number of hydrogen-bond donors (Lipinski definition) is 1. The van der Waals surface area contributed by atoms with Crippen LogP contribution < -0.4 is 10.1 Å². The van der Waals surface area contributed by atoms with Gasteiger partial charge in [-0.25, -0.2) is 4.79 Å². The third kappa shape index (κ3) is 6.46. The average molecular weight is 403 g/mol. The van der Waals surface area contributed by atoms with Crippen LogP contribution in [0.2, 0.25) is 15.1 Å². The maximum Gasteiger partial charge on any atom is 0.344 e. The van der Waals surface area contributed by atoms with Crippen molar-refractivity contribution in [2.24, 2.45) is 0 Å². The van der Waals surface area contributed by atoms with Crippen molar-refractivity contribution in [1.82, 2.24) is 5.32 Å². The lowest BCUT2D eigenvalue weighted by molar-refractivity contribution is -0.150. The fraction of sp³-hybridized carbons (Fsp3) is 0.176. The lowest BCUT2D eigenvalue weighted by Gasteiger charge is -2.09. The van der Waals surface area contributed by atoms with E-state index in [0.29, 0.717) is 6.54 Å². The highest BCUT2D eigenvalue weighted by Crippen LogP contribution is 2.33. The molecule has 0 aliphatic carbocycles. The fourth-order valence-corrected chi connectivity index (χ4v) is 2.38. The van der Waals surface area contributed by atoms with Crippen LogP contribution in [0.25, 0.3) is 0 Å². The van der Waals surface area contributed by atoms with Crippen LogP contribution >= 0.6 is 34.8 Å². The molecular weight excluding hydrogens is 389 g/mol. The van der Waals surface area contributed by atoms with E-state index in [1.165, 1.54) is 12.1 Å². The third-order valence-electron chi connectivity index (χ3n) is 3.02. The molecule has 0 heterocycles. The zero-order valence-electron chi connectivity index (χ0n) is 12.9. The molecule has 1 amide bonds. The minimum atomic E-state index is -0.711. The first-order valence-corrected chi connectivity index (χ1v) is 8.32. The van der Waals surface area contributed by atoms with E-state index >= 15 is 0 Å². The van der Waals surface area contributed by atoms with Gasteiger partial charge in [0, 0.05) is 12.6 Å². The molecule has 0 aliphatic rings. The summed E-state index contributed by atoms with van der Waals surface area (Å²) in [5, 5.41) is 3.37. The van der Waals surface area contributed by atoms with Crippen molar-refractivity contribution in [2.75, 3.05) is 13.2 Å². The predicted octanol–water partition coefficient (Wildman–Crippen LogP) is 3.89. The highest BCUT2D eigenvalue weighted by Gasteiger charge is 2.11. The number of carbonyl (C=O) groups excluding carboxylic acids is 2. The summed E-state index contributed by atoms with van der Waals surface area (Å²) in [6.45, 7) is -0.458. The monoisotopic (exact) mass is 401 g/mol. The van der Waals surface area contributed by atoms with Crippen molar-refractivity contribution in [2.45, 2.75) is 6.54 Å². The molecule has 5 nitrogen and oxygen atoms in total. The summed E-state index contributed by atoms with van der Waals surface area (Å²) in [6, 6.07) is 12.2. The van der Waals surface area contributed by atoms with Crippen LogP contribution in [-0.2, 0) is 20.9 Å². The van der Waals surface area contributed by atoms with E-state index in [-0.39, 0.29) is 20.8 Å². The zero-order chi connectivity index (χ0) is 18.2. The molecule has 0 saturated heterocycles. The topological polar surface area (TPSA) is 64.6 Å². The summed E-state index contributed by atoms with van der Waals surface area (Å²) in [5.41, 5.74) is 0.944. The van der Waals surface area contributed by atoms with Crippen molar-refractivity contribution in [3.63, 3.8) is 0 Å². The van der Waals surface area contributed by atoms with E-state index in [0.717, 1.165) is 5.56 Å². The van der Waals surface area contributed by atoms with Gasteiger partial charge in [-0.15, -0.1) is 0 Å². The van der Waals surface area contributed by atoms with Gasteiger partial charge < -0.3 is 14.8 Å². The molecule has 0 aromatic heterocycles. The Labute approximate surface area is 159 Å². The largest absolute Gasteiger partial charge is 0.480 e. The molecule has 2 rings (SSSR count). The summed E-state index contributed by atoms with van der Waals surface area (Å²) < 4.78 is 10.0. The number of benzene rings is 2. The van der Waals surface area contributed by atoms with Crippen molar-refractivity contribution in [1.29, 1.82) is 0 Å². The molecule has 0 aliphatic heterocycles. The predicted molar refractivity (Wildman–Crippen MR) is 96.2 cm³/mol. The Morgan fingerprint density at radius 2 is 1.60 bits per heavy atom. The van der Waals surface area contributed by atoms with Crippen LogP contribution in [0.1, 0.15) is 5.56 Å². The molecule has 2 aromatic carbocycles. The van der Waals surface area contributed by atoms with Crippen LogP contribution in [0.15, 0.2) is 42.5 Å². The molecule has 0 atom stereocenters. The minimum absolute atomic E-state index is 0.196.